The lowest BCUT2D eigenvalue weighted by molar-refractivity contribution is -0.0317. The second kappa shape index (κ2) is 6.20. The molecule has 0 aliphatic carbocycles. The lowest BCUT2D eigenvalue weighted by atomic mass is 10.0. The zero-order chi connectivity index (χ0) is 17.6. The number of hydrogen-bond donors (Lipinski definition) is 2. The Morgan fingerprint density at radius 3 is 2.88 bits per heavy atom. The average molecular weight is 373 g/mol. The van der Waals surface area contributed by atoms with Crippen LogP contribution < -0.4 is 5.32 Å². The van der Waals surface area contributed by atoms with E-state index in [0.29, 0.717) is 42.0 Å². The third kappa shape index (κ3) is 3.34. The smallest absolute Gasteiger partial charge is 0.418 e. The predicted octanol–water partition coefficient (Wildman–Crippen LogP) is -0.103. The number of hydrogen-bond acceptors (Lipinski definition) is 8. The summed E-state index contributed by atoms with van der Waals surface area (Å²) in [7, 11) is -4.75. The lowest BCUT2D eigenvalue weighted by Gasteiger charge is -2.27. The third-order valence-corrected chi connectivity index (χ3v) is 5.24. The fourth-order valence-electron chi connectivity index (χ4n) is 3.71. The van der Waals surface area contributed by atoms with Crippen molar-refractivity contribution >= 4 is 16.4 Å². The molecule has 12 heteroatoms. The Hall–Kier alpha value is -1.76. The number of carbonyl (C=O) groups is 1. The van der Waals surface area contributed by atoms with Crippen molar-refractivity contribution in [2.45, 2.75) is 37.8 Å². The Balaban J connectivity index is 1.47. The molecule has 0 unspecified atom stereocenters. The highest BCUT2D eigenvalue weighted by Gasteiger charge is 2.49. The first kappa shape index (κ1) is 16.7. The van der Waals surface area contributed by atoms with Crippen LogP contribution in [0, 0.1) is 5.92 Å². The second-order valence-electron chi connectivity index (χ2n) is 6.61. The van der Waals surface area contributed by atoms with Gasteiger partial charge in [0.2, 0.25) is 11.8 Å². The van der Waals surface area contributed by atoms with Crippen molar-refractivity contribution in [1.29, 1.82) is 0 Å². The van der Waals surface area contributed by atoms with Crippen LogP contribution in [0.1, 0.15) is 37.1 Å². The molecule has 2 amide bonds. The van der Waals surface area contributed by atoms with Gasteiger partial charge in [0.25, 0.3) is 0 Å². The van der Waals surface area contributed by atoms with E-state index in [9.17, 15) is 13.2 Å². The fraction of sp³-hybridized carbons (Fsp3) is 0.769. The molecular weight excluding hydrogens is 354 g/mol. The number of carbonyl (C=O) groups excluding carboxylic acids is 1. The van der Waals surface area contributed by atoms with Gasteiger partial charge in [-0.05, 0) is 38.3 Å². The molecule has 4 rings (SSSR count). The molecule has 3 aliphatic rings. The van der Waals surface area contributed by atoms with Gasteiger partial charge in [0.15, 0.2) is 0 Å². The number of amides is 2. The molecule has 3 fully saturated rings. The minimum Gasteiger partial charge on any atom is -0.423 e. The number of hydroxylamine groups is 2. The summed E-state index contributed by atoms with van der Waals surface area (Å²) in [6, 6.07) is -1.48. The summed E-state index contributed by atoms with van der Waals surface area (Å²) in [5.74, 6) is 1.36. The maximum atomic E-state index is 12.4. The fourth-order valence-corrected chi connectivity index (χ4v) is 4.10. The van der Waals surface area contributed by atoms with Crippen molar-refractivity contribution in [3.63, 3.8) is 0 Å². The summed E-state index contributed by atoms with van der Waals surface area (Å²) in [5.41, 5.74) is 0. The minimum absolute atomic E-state index is 0.281. The van der Waals surface area contributed by atoms with Gasteiger partial charge in [0.05, 0.1) is 6.04 Å². The van der Waals surface area contributed by atoms with Crippen molar-refractivity contribution < 1.29 is 26.5 Å². The molecule has 11 nitrogen and oxygen atoms in total. The Morgan fingerprint density at radius 2 is 2.16 bits per heavy atom. The first-order chi connectivity index (χ1) is 11.9. The molecule has 2 N–H and O–H groups in total. The van der Waals surface area contributed by atoms with Gasteiger partial charge in [-0.2, -0.15) is 13.5 Å². The molecule has 1 aromatic heterocycles. The van der Waals surface area contributed by atoms with Crippen molar-refractivity contribution in [1.82, 2.24) is 25.5 Å². The Bertz CT molecular complexity index is 761. The van der Waals surface area contributed by atoms with E-state index in [1.54, 1.807) is 0 Å². The van der Waals surface area contributed by atoms with Crippen molar-refractivity contribution in [2.75, 3.05) is 19.6 Å². The Labute approximate surface area is 144 Å². The number of aromatic nitrogens is 2. The van der Waals surface area contributed by atoms with E-state index in [-0.39, 0.29) is 6.54 Å². The molecule has 3 saturated heterocycles. The monoisotopic (exact) mass is 373 g/mol. The summed E-state index contributed by atoms with van der Waals surface area (Å²) in [5, 5.41) is 12.1. The predicted molar refractivity (Wildman–Crippen MR) is 81.3 cm³/mol. The standard InChI is InChI=1S/C13H19N5O6S/c19-13-17-7-9(18(13)24-25(20,21)22)1-2-10(17)12-16-15-11(23-12)5-8-3-4-14-6-8/h8-10,14H,1-7H2,(H,20,21,22)/t8-,9+,10-/m0/s1. The summed E-state index contributed by atoms with van der Waals surface area (Å²) in [6.45, 7) is 2.19. The van der Waals surface area contributed by atoms with Crippen LogP contribution in [0.15, 0.2) is 4.42 Å². The number of urea groups is 1. The maximum Gasteiger partial charge on any atom is 0.418 e. The molecule has 4 heterocycles. The summed E-state index contributed by atoms with van der Waals surface area (Å²) >= 11 is 0. The molecule has 0 aromatic carbocycles. The highest BCUT2D eigenvalue weighted by Crippen LogP contribution is 2.38. The van der Waals surface area contributed by atoms with E-state index in [1.165, 1.54) is 4.90 Å². The van der Waals surface area contributed by atoms with Gasteiger partial charge in [-0.3, -0.25) is 4.55 Å². The van der Waals surface area contributed by atoms with E-state index in [4.69, 9.17) is 8.97 Å². The van der Waals surface area contributed by atoms with Crippen LogP contribution in [-0.4, -0.2) is 64.8 Å². The summed E-state index contributed by atoms with van der Waals surface area (Å²) in [6.07, 6.45) is 2.82. The van der Waals surface area contributed by atoms with Gasteiger partial charge in [0.1, 0.15) is 6.04 Å². The molecule has 25 heavy (non-hydrogen) atoms. The van der Waals surface area contributed by atoms with Gasteiger partial charge in [0, 0.05) is 13.0 Å². The van der Waals surface area contributed by atoms with Crippen LogP contribution in [0.3, 0.4) is 0 Å². The largest absolute Gasteiger partial charge is 0.423 e. The maximum absolute atomic E-state index is 12.4. The molecule has 3 atom stereocenters. The van der Waals surface area contributed by atoms with Crippen LogP contribution in [0.4, 0.5) is 4.79 Å². The van der Waals surface area contributed by atoms with Crippen LogP contribution in [0.2, 0.25) is 0 Å². The van der Waals surface area contributed by atoms with Crippen LogP contribution in [-0.2, 0) is 21.1 Å². The summed E-state index contributed by atoms with van der Waals surface area (Å²) < 4.78 is 40.8. The second-order valence-corrected chi connectivity index (χ2v) is 7.61. The molecule has 138 valence electrons. The quantitative estimate of drug-likeness (QED) is 0.677. The number of nitrogens with zero attached hydrogens (tertiary/aromatic N) is 4. The third-order valence-electron chi connectivity index (χ3n) is 4.89. The number of nitrogens with one attached hydrogen (secondary N) is 1. The van der Waals surface area contributed by atoms with Gasteiger partial charge >= 0.3 is 16.4 Å². The van der Waals surface area contributed by atoms with Crippen molar-refractivity contribution in [3.05, 3.63) is 11.8 Å². The normalized spacial score (nSPS) is 29.6. The number of rotatable bonds is 5. The van der Waals surface area contributed by atoms with Gasteiger partial charge in [-0.1, -0.05) is 0 Å². The molecule has 0 saturated carbocycles. The average Bonchev–Trinajstić information content (AvgIpc) is 3.26. The van der Waals surface area contributed by atoms with Gasteiger partial charge < -0.3 is 14.6 Å². The molecule has 1 aromatic rings. The Kier molecular flexibility index (Phi) is 4.14. The van der Waals surface area contributed by atoms with E-state index in [2.05, 4.69) is 19.8 Å². The minimum atomic E-state index is -4.75. The zero-order valence-corrected chi connectivity index (χ0v) is 14.2. The number of piperidine rings is 1. The first-order valence-corrected chi connectivity index (χ1v) is 9.57. The Morgan fingerprint density at radius 1 is 1.32 bits per heavy atom. The van der Waals surface area contributed by atoms with Gasteiger partial charge in [-0.25, -0.2) is 4.79 Å². The van der Waals surface area contributed by atoms with Crippen LogP contribution in [0.25, 0.3) is 0 Å². The zero-order valence-electron chi connectivity index (χ0n) is 13.4. The molecule has 2 bridgehead atoms. The van der Waals surface area contributed by atoms with E-state index in [1.807, 2.05) is 0 Å². The van der Waals surface area contributed by atoms with Crippen LogP contribution >= 0.6 is 0 Å². The number of fused-ring (bicyclic) bond motifs is 2. The highest BCUT2D eigenvalue weighted by molar-refractivity contribution is 7.80. The molecule has 0 radical (unpaired) electrons. The van der Waals surface area contributed by atoms with Gasteiger partial charge in [-0.15, -0.1) is 14.5 Å². The van der Waals surface area contributed by atoms with Crippen molar-refractivity contribution in [3.8, 4) is 0 Å². The van der Waals surface area contributed by atoms with E-state index in [0.717, 1.165) is 19.5 Å². The van der Waals surface area contributed by atoms with Crippen molar-refractivity contribution in [2.24, 2.45) is 5.92 Å². The molecular formula is C13H19N5O6S. The SMILES string of the molecule is O=C1N2C[C@@H](CC[C@H]2c2nnc(C[C@@H]3CCNC3)o2)N1OS(=O)(=O)O. The van der Waals surface area contributed by atoms with Crippen LogP contribution in [0.5, 0.6) is 0 Å². The molecule has 3 aliphatic heterocycles. The first-order valence-electron chi connectivity index (χ1n) is 8.20. The van der Waals surface area contributed by atoms with E-state index >= 15 is 0 Å². The highest BCUT2D eigenvalue weighted by atomic mass is 32.3. The van der Waals surface area contributed by atoms with E-state index < -0.39 is 28.5 Å². The lowest BCUT2D eigenvalue weighted by Crippen LogP contribution is -2.35. The molecule has 0 spiro atoms. The topological polar surface area (TPSA) is 138 Å². The summed E-state index contributed by atoms with van der Waals surface area (Å²) in [4.78, 5) is 13.8.